The molecule has 2 aromatic rings. The molecule has 0 radical (unpaired) electrons. The van der Waals surface area contributed by atoms with Crippen LogP contribution in [0.15, 0.2) is 46.9 Å². The van der Waals surface area contributed by atoms with E-state index < -0.39 is 41.4 Å². The van der Waals surface area contributed by atoms with Crippen molar-refractivity contribution >= 4 is 33.7 Å². The molecule has 8 heteroatoms. The molecule has 0 saturated carbocycles. The number of nitrogens with zero attached hydrogens (tertiary/aromatic N) is 1. The molecule has 134 valence electrons. The topological polar surface area (TPSA) is 66.5 Å². The van der Waals surface area contributed by atoms with Crippen molar-refractivity contribution in [3.05, 3.63) is 69.7 Å². The first-order valence-electron chi connectivity index (χ1n) is 7.61. The van der Waals surface area contributed by atoms with Crippen LogP contribution in [0.5, 0.6) is 0 Å². The van der Waals surface area contributed by atoms with Gasteiger partial charge in [0.1, 0.15) is 17.2 Å². The molecular weight excluding hydrogens is 410 g/mol. The molecule has 1 aliphatic heterocycles. The van der Waals surface area contributed by atoms with E-state index in [-0.39, 0.29) is 5.56 Å². The summed E-state index contributed by atoms with van der Waals surface area (Å²) in [6.45, 7) is 0.888. The first kappa shape index (κ1) is 18.2. The van der Waals surface area contributed by atoms with Gasteiger partial charge < -0.3 is 5.32 Å². The van der Waals surface area contributed by atoms with Crippen LogP contribution in [-0.4, -0.2) is 29.2 Å². The zero-order valence-electron chi connectivity index (χ0n) is 13.6. The van der Waals surface area contributed by atoms with Gasteiger partial charge in [0, 0.05) is 10.5 Å². The van der Waals surface area contributed by atoms with Gasteiger partial charge in [-0.1, -0.05) is 28.1 Å². The third-order valence-corrected chi connectivity index (χ3v) is 4.76. The van der Waals surface area contributed by atoms with Crippen LogP contribution in [0.3, 0.4) is 0 Å². The minimum Gasteiger partial charge on any atom is -0.319 e. The standard InChI is InChI=1S/C18H13BrF2N2O3/c1-18(10-2-4-11(19)5-3-10)16(25)23(17(26)22-18)9-15(24)13-7-6-12(20)8-14(13)21/h2-8H,9H2,1H3,(H,22,26). The fourth-order valence-electron chi connectivity index (χ4n) is 2.76. The first-order chi connectivity index (χ1) is 12.2. The maximum atomic E-state index is 13.8. The zero-order valence-corrected chi connectivity index (χ0v) is 15.1. The number of urea groups is 1. The largest absolute Gasteiger partial charge is 0.325 e. The number of carbonyl (C=O) groups excluding carboxylic acids is 3. The summed E-state index contributed by atoms with van der Waals surface area (Å²) in [6.07, 6.45) is 0. The number of amides is 3. The van der Waals surface area contributed by atoms with Gasteiger partial charge in [-0.25, -0.2) is 13.6 Å². The highest BCUT2D eigenvalue weighted by Gasteiger charge is 2.49. The van der Waals surface area contributed by atoms with Crippen molar-refractivity contribution in [3.63, 3.8) is 0 Å². The molecule has 5 nitrogen and oxygen atoms in total. The van der Waals surface area contributed by atoms with Gasteiger partial charge in [0.05, 0.1) is 12.1 Å². The van der Waals surface area contributed by atoms with Gasteiger partial charge in [-0.05, 0) is 36.8 Å². The third-order valence-electron chi connectivity index (χ3n) is 4.23. The second-order valence-electron chi connectivity index (χ2n) is 6.00. The Morgan fingerprint density at radius 1 is 1.15 bits per heavy atom. The number of hydrogen-bond donors (Lipinski definition) is 1. The van der Waals surface area contributed by atoms with E-state index in [1.807, 2.05) is 0 Å². The molecule has 0 aliphatic carbocycles. The number of benzene rings is 2. The highest BCUT2D eigenvalue weighted by Crippen LogP contribution is 2.30. The minimum atomic E-state index is -1.33. The summed E-state index contributed by atoms with van der Waals surface area (Å²) >= 11 is 3.29. The Kier molecular flexibility index (Phi) is 4.62. The van der Waals surface area contributed by atoms with Gasteiger partial charge >= 0.3 is 6.03 Å². The molecule has 0 aromatic heterocycles. The summed E-state index contributed by atoms with van der Waals surface area (Å²) in [5, 5.41) is 2.56. The molecule has 26 heavy (non-hydrogen) atoms. The van der Waals surface area contributed by atoms with Gasteiger partial charge in [-0.2, -0.15) is 0 Å². The Labute approximate surface area is 156 Å². The van der Waals surface area contributed by atoms with E-state index >= 15 is 0 Å². The number of rotatable bonds is 4. The molecule has 1 N–H and O–H groups in total. The Bertz CT molecular complexity index is 917. The highest BCUT2D eigenvalue weighted by atomic mass is 79.9. The number of hydrogen-bond acceptors (Lipinski definition) is 3. The minimum absolute atomic E-state index is 0.385. The summed E-state index contributed by atoms with van der Waals surface area (Å²) in [5.41, 5.74) is -1.18. The van der Waals surface area contributed by atoms with Crippen molar-refractivity contribution in [2.24, 2.45) is 0 Å². The predicted octanol–water partition coefficient (Wildman–Crippen LogP) is 3.38. The van der Waals surface area contributed by atoms with Gasteiger partial charge in [-0.3, -0.25) is 14.5 Å². The Morgan fingerprint density at radius 3 is 2.42 bits per heavy atom. The summed E-state index contributed by atoms with van der Waals surface area (Å²) in [6, 6.07) is 8.54. The molecule has 1 saturated heterocycles. The summed E-state index contributed by atoms with van der Waals surface area (Å²) in [7, 11) is 0. The van der Waals surface area contributed by atoms with E-state index in [1.54, 1.807) is 24.3 Å². The Balaban J connectivity index is 1.85. The lowest BCUT2D eigenvalue weighted by Gasteiger charge is -2.22. The zero-order chi connectivity index (χ0) is 19.1. The SMILES string of the molecule is CC1(c2ccc(Br)cc2)NC(=O)N(CC(=O)c2ccc(F)cc2F)C1=O. The third kappa shape index (κ3) is 3.12. The Hall–Kier alpha value is -2.61. The molecule has 1 aliphatic rings. The molecular formula is C18H13BrF2N2O3. The molecule has 0 bridgehead atoms. The van der Waals surface area contributed by atoms with Crippen molar-refractivity contribution in [3.8, 4) is 0 Å². The number of nitrogens with one attached hydrogen (secondary N) is 1. The molecule has 1 atom stereocenters. The Morgan fingerprint density at radius 2 is 1.81 bits per heavy atom. The van der Waals surface area contributed by atoms with Crippen molar-refractivity contribution in [2.75, 3.05) is 6.54 Å². The van der Waals surface area contributed by atoms with Crippen molar-refractivity contribution in [1.29, 1.82) is 0 Å². The average Bonchev–Trinajstić information content (AvgIpc) is 2.79. The lowest BCUT2D eigenvalue weighted by molar-refractivity contribution is -0.130. The quantitative estimate of drug-likeness (QED) is 0.606. The van der Waals surface area contributed by atoms with Crippen LogP contribution in [0.4, 0.5) is 13.6 Å². The lowest BCUT2D eigenvalue weighted by atomic mass is 9.92. The second-order valence-corrected chi connectivity index (χ2v) is 6.92. The van der Waals surface area contributed by atoms with Crippen LogP contribution in [0.1, 0.15) is 22.8 Å². The van der Waals surface area contributed by atoms with Crippen LogP contribution >= 0.6 is 15.9 Å². The second kappa shape index (κ2) is 6.60. The van der Waals surface area contributed by atoms with Crippen LogP contribution in [0.25, 0.3) is 0 Å². The van der Waals surface area contributed by atoms with E-state index in [9.17, 15) is 23.2 Å². The number of halogens is 3. The van der Waals surface area contributed by atoms with E-state index in [4.69, 9.17) is 0 Å². The maximum absolute atomic E-state index is 13.8. The molecule has 0 spiro atoms. The van der Waals surface area contributed by atoms with Crippen LogP contribution in [0, 0.1) is 11.6 Å². The summed E-state index contributed by atoms with van der Waals surface area (Å²) in [4.78, 5) is 38.0. The molecule has 3 amide bonds. The number of ketones is 1. The fraction of sp³-hybridized carbons (Fsp3) is 0.167. The lowest BCUT2D eigenvalue weighted by Crippen LogP contribution is -2.41. The van der Waals surface area contributed by atoms with Crippen LogP contribution in [0.2, 0.25) is 0 Å². The van der Waals surface area contributed by atoms with Gasteiger partial charge in [0.15, 0.2) is 5.78 Å². The molecule has 3 rings (SSSR count). The highest BCUT2D eigenvalue weighted by molar-refractivity contribution is 9.10. The van der Waals surface area contributed by atoms with E-state index in [0.717, 1.165) is 21.5 Å². The van der Waals surface area contributed by atoms with E-state index in [2.05, 4.69) is 21.2 Å². The monoisotopic (exact) mass is 422 g/mol. The van der Waals surface area contributed by atoms with Gasteiger partial charge in [0.25, 0.3) is 5.91 Å². The van der Waals surface area contributed by atoms with E-state index in [0.29, 0.717) is 11.6 Å². The fourth-order valence-corrected chi connectivity index (χ4v) is 3.03. The van der Waals surface area contributed by atoms with Gasteiger partial charge in [0.2, 0.25) is 0 Å². The predicted molar refractivity (Wildman–Crippen MR) is 92.4 cm³/mol. The number of carbonyl (C=O) groups is 3. The maximum Gasteiger partial charge on any atom is 0.325 e. The summed E-state index contributed by atoms with van der Waals surface area (Å²) in [5.74, 6) is -3.29. The van der Waals surface area contributed by atoms with Crippen LogP contribution < -0.4 is 5.32 Å². The van der Waals surface area contributed by atoms with Crippen LogP contribution in [-0.2, 0) is 10.3 Å². The smallest absolute Gasteiger partial charge is 0.319 e. The average molecular weight is 423 g/mol. The molecule has 1 unspecified atom stereocenters. The number of imide groups is 1. The van der Waals surface area contributed by atoms with Crippen molar-refractivity contribution < 1.29 is 23.2 Å². The van der Waals surface area contributed by atoms with Crippen molar-refractivity contribution in [2.45, 2.75) is 12.5 Å². The molecule has 1 fully saturated rings. The number of Topliss-reactive ketones (excluding diaryl/α,β-unsaturated/α-hetero) is 1. The van der Waals surface area contributed by atoms with Gasteiger partial charge in [-0.15, -0.1) is 0 Å². The normalized spacial score (nSPS) is 19.6. The molecule has 2 aromatic carbocycles. The molecule has 1 heterocycles. The van der Waals surface area contributed by atoms with E-state index in [1.165, 1.54) is 6.92 Å². The van der Waals surface area contributed by atoms with Crippen molar-refractivity contribution in [1.82, 2.24) is 10.2 Å². The summed E-state index contributed by atoms with van der Waals surface area (Å²) < 4.78 is 27.5. The first-order valence-corrected chi connectivity index (χ1v) is 8.40.